The van der Waals surface area contributed by atoms with E-state index in [-0.39, 0.29) is 6.09 Å². The van der Waals surface area contributed by atoms with Gasteiger partial charge in [-0.2, -0.15) is 0 Å². The van der Waals surface area contributed by atoms with E-state index >= 15 is 0 Å². The lowest BCUT2D eigenvalue weighted by atomic mass is 10.9. The van der Waals surface area contributed by atoms with E-state index in [1.54, 1.807) is 6.92 Å². The van der Waals surface area contributed by atoms with Crippen molar-refractivity contribution in [2.45, 2.75) is 6.92 Å². The Morgan fingerprint density at radius 1 is 2.00 bits per heavy atom. The summed E-state index contributed by atoms with van der Waals surface area (Å²) in [6, 6.07) is 0. The summed E-state index contributed by atoms with van der Waals surface area (Å²) in [4.78, 5) is 12.6. The summed E-state index contributed by atoms with van der Waals surface area (Å²) in [7, 11) is 0.663. The molecule has 0 heterocycles. The van der Waals surface area contributed by atoms with Crippen LogP contribution >= 0.6 is 0 Å². The van der Waals surface area contributed by atoms with Gasteiger partial charge in [-0.25, -0.2) is 4.79 Å². The second-order valence-corrected chi connectivity index (χ2v) is 1.47. The molecule has 0 unspecified atom stereocenters. The number of rotatable bonds is 1. The number of nitrogens with one attached hydrogen (secondary N) is 1. The van der Waals surface area contributed by atoms with E-state index in [4.69, 9.17) is 0 Å². The first-order valence-electron chi connectivity index (χ1n) is 2.15. The second kappa shape index (κ2) is 3.67. The molecule has 0 aliphatic carbocycles. The molecule has 0 aliphatic rings. The third kappa shape index (κ3) is 3.31. The van der Waals surface area contributed by atoms with Crippen LogP contribution in [0.2, 0.25) is 0 Å². The molecule has 0 radical (unpaired) electrons. The highest BCUT2D eigenvalue weighted by atomic mass is 28.2. The number of hydrogen-bond acceptors (Lipinski definition) is 2. The first-order chi connectivity index (χ1) is 3.31. The standard InChI is InChI=1S/C3H9NO2Si/c1-2-6-3(5)4-7/h2H2,1,7H3,(H,4,5). The highest BCUT2D eigenvalue weighted by Gasteiger charge is 1.88. The molecule has 0 aromatic rings. The summed E-state index contributed by atoms with van der Waals surface area (Å²) in [5.74, 6) is 0. The van der Waals surface area contributed by atoms with Crippen molar-refractivity contribution in [3.05, 3.63) is 0 Å². The molecule has 0 aromatic carbocycles. The summed E-state index contributed by atoms with van der Waals surface area (Å²) in [5, 5.41) is 0. The smallest absolute Gasteiger partial charge is 0.398 e. The summed E-state index contributed by atoms with van der Waals surface area (Å²) in [6.07, 6.45) is -0.311. The Bertz CT molecular complexity index is 66.0. The van der Waals surface area contributed by atoms with Crippen molar-refractivity contribution < 1.29 is 9.53 Å². The fourth-order valence-corrected chi connectivity index (χ4v) is 0.348. The average Bonchev–Trinajstić information content (AvgIpc) is 1.68. The zero-order valence-corrected chi connectivity index (χ0v) is 6.52. The van der Waals surface area contributed by atoms with Gasteiger partial charge in [0.15, 0.2) is 0 Å². The van der Waals surface area contributed by atoms with Crippen LogP contribution in [0.1, 0.15) is 6.92 Å². The van der Waals surface area contributed by atoms with Crippen molar-refractivity contribution in [1.82, 2.24) is 4.98 Å². The number of carbonyl (C=O) groups excluding carboxylic acids is 1. The SMILES string of the molecule is CCOC(=O)N[SiH3]. The molecule has 0 aliphatic heterocycles. The average molecular weight is 119 g/mol. The zero-order chi connectivity index (χ0) is 5.70. The van der Waals surface area contributed by atoms with Crippen LogP contribution in [0, 0.1) is 0 Å². The Labute approximate surface area is 45.5 Å². The van der Waals surface area contributed by atoms with Gasteiger partial charge in [-0.05, 0) is 6.92 Å². The zero-order valence-electron chi connectivity index (χ0n) is 4.52. The number of amides is 1. The van der Waals surface area contributed by atoms with Gasteiger partial charge in [-0.15, -0.1) is 0 Å². The molecule has 7 heavy (non-hydrogen) atoms. The lowest BCUT2D eigenvalue weighted by molar-refractivity contribution is 0.159. The van der Waals surface area contributed by atoms with Gasteiger partial charge in [0, 0.05) is 0 Å². The molecule has 3 nitrogen and oxygen atoms in total. The van der Waals surface area contributed by atoms with Crippen LogP contribution in [0.5, 0.6) is 0 Å². The van der Waals surface area contributed by atoms with Gasteiger partial charge in [0.1, 0.15) is 10.4 Å². The van der Waals surface area contributed by atoms with Crippen LogP contribution in [0.3, 0.4) is 0 Å². The maximum absolute atomic E-state index is 10.1. The summed E-state index contributed by atoms with van der Waals surface area (Å²) >= 11 is 0. The van der Waals surface area contributed by atoms with Crippen molar-refractivity contribution in [3.8, 4) is 0 Å². The molecule has 0 rings (SSSR count). The van der Waals surface area contributed by atoms with E-state index in [2.05, 4.69) is 9.72 Å². The lowest BCUT2D eigenvalue weighted by Crippen LogP contribution is -2.20. The highest BCUT2D eigenvalue weighted by Crippen LogP contribution is 1.70. The van der Waals surface area contributed by atoms with E-state index in [1.165, 1.54) is 0 Å². The van der Waals surface area contributed by atoms with Gasteiger partial charge in [0.25, 0.3) is 0 Å². The van der Waals surface area contributed by atoms with Gasteiger partial charge in [-0.1, -0.05) is 0 Å². The third-order valence-corrected chi connectivity index (χ3v) is 0.888. The number of hydrogen-bond donors (Lipinski definition) is 1. The Hall–Kier alpha value is -0.513. The fourth-order valence-electron chi connectivity index (χ4n) is 0.203. The minimum absolute atomic E-state index is 0.311. The van der Waals surface area contributed by atoms with Crippen LogP contribution in [0.25, 0.3) is 0 Å². The number of carbonyl (C=O) groups is 1. The van der Waals surface area contributed by atoms with Gasteiger partial charge in [0.2, 0.25) is 0 Å². The maximum atomic E-state index is 10.1. The molecule has 0 spiro atoms. The first kappa shape index (κ1) is 6.49. The molecular weight excluding hydrogens is 110 g/mol. The van der Waals surface area contributed by atoms with E-state index in [0.29, 0.717) is 17.0 Å². The van der Waals surface area contributed by atoms with Crippen molar-refractivity contribution in [2.24, 2.45) is 0 Å². The van der Waals surface area contributed by atoms with Gasteiger partial charge in [-0.3, -0.25) is 0 Å². The summed E-state index contributed by atoms with van der Waals surface area (Å²) < 4.78 is 4.48. The topological polar surface area (TPSA) is 38.3 Å². The lowest BCUT2D eigenvalue weighted by Gasteiger charge is -1.96. The Kier molecular flexibility index (Phi) is 3.40. The summed E-state index contributed by atoms with van der Waals surface area (Å²) in [5.41, 5.74) is 0. The molecule has 4 heteroatoms. The Balaban J connectivity index is 3.00. The van der Waals surface area contributed by atoms with E-state index in [9.17, 15) is 4.79 Å². The summed E-state index contributed by atoms with van der Waals surface area (Å²) in [6.45, 7) is 2.23. The predicted molar refractivity (Wildman–Crippen MR) is 30.1 cm³/mol. The molecule has 0 atom stereocenters. The van der Waals surface area contributed by atoms with Gasteiger partial charge < -0.3 is 9.72 Å². The first-order valence-corrected chi connectivity index (χ1v) is 3.15. The van der Waals surface area contributed by atoms with Crippen LogP contribution in [0.15, 0.2) is 0 Å². The molecule has 42 valence electrons. The third-order valence-electron chi connectivity index (χ3n) is 0.480. The van der Waals surface area contributed by atoms with Crippen LogP contribution in [-0.4, -0.2) is 23.1 Å². The Morgan fingerprint density at radius 2 is 2.57 bits per heavy atom. The molecule has 0 aromatic heterocycles. The van der Waals surface area contributed by atoms with Crippen molar-refractivity contribution in [2.75, 3.05) is 6.61 Å². The molecular formula is C3H9NO2Si. The van der Waals surface area contributed by atoms with E-state index in [0.717, 1.165) is 0 Å². The monoisotopic (exact) mass is 119 g/mol. The molecule has 0 bridgehead atoms. The quantitative estimate of drug-likeness (QED) is 0.450. The largest absolute Gasteiger partial charge is 0.450 e. The van der Waals surface area contributed by atoms with Gasteiger partial charge >= 0.3 is 6.09 Å². The fraction of sp³-hybridized carbons (Fsp3) is 0.667. The normalized spacial score (nSPS) is 8.14. The minimum atomic E-state index is -0.311. The Morgan fingerprint density at radius 3 is 2.71 bits per heavy atom. The van der Waals surface area contributed by atoms with Crippen molar-refractivity contribution in [3.63, 3.8) is 0 Å². The molecule has 1 amide bonds. The predicted octanol–water partition coefficient (Wildman–Crippen LogP) is -0.987. The highest BCUT2D eigenvalue weighted by molar-refractivity contribution is 6.12. The second-order valence-electron chi connectivity index (χ2n) is 0.970. The minimum Gasteiger partial charge on any atom is -0.450 e. The van der Waals surface area contributed by atoms with E-state index in [1.807, 2.05) is 0 Å². The van der Waals surface area contributed by atoms with Crippen molar-refractivity contribution >= 4 is 16.5 Å². The van der Waals surface area contributed by atoms with Crippen LogP contribution in [0.4, 0.5) is 4.79 Å². The van der Waals surface area contributed by atoms with Crippen molar-refractivity contribution in [1.29, 1.82) is 0 Å². The van der Waals surface area contributed by atoms with Gasteiger partial charge in [0.05, 0.1) is 6.61 Å². The number of ether oxygens (including phenoxy) is 1. The van der Waals surface area contributed by atoms with E-state index < -0.39 is 0 Å². The molecule has 0 fully saturated rings. The molecule has 0 saturated heterocycles. The van der Waals surface area contributed by atoms with Crippen LogP contribution in [-0.2, 0) is 4.74 Å². The van der Waals surface area contributed by atoms with Crippen LogP contribution < -0.4 is 4.98 Å². The molecule has 0 saturated carbocycles. The molecule has 1 N–H and O–H groups in total. The maximum Gasteiger partial charge on any atom is 0.398 e.